The summed E-state index contributed by atoms with van der Waals surface area (Å²) in [5.41, 5.74) is -0.419. The van der Waals surface area contributed by atoms with Gasteiger partial charge in [0.15, 0.2) is 0 Å². The van der Waals surface area contributed by atoms with Gasteiger partial charge in [0.25, 0.3) is 0 Å². The maximum absolute atomic E-state index is 11.6. The predicted molar refractivity (Wildman–Crippen MR) is 56.4 cm³/mol. The average molecular weight is 213 g/mol. The molecular weight excluding hydrogens is 194 g/mol. The second-order valence-corrected chi connectivity index (χ2v) is 5.09. The van der Waals surface area contributed by atoms with Crippen molar-refractivity contribution in [3.05, 3.63) is 0 Å². The molecule has 1 fully saturated rings. The molecule has 86 valence electrons. The number of carboxylic acid groups (broad SMARTS) is 1. The van der Waals surface area contributed by atoms with Gasteiger partial charge in [-0.3, -0.25) is 9.59 Å². The maximum atomic E-state index is 11.6. The summed E-state index contributed by atoms with van der Waals surface area (Å²) in [7, 11) is 0. The van der Waals surface area contributed by atoms with Crippen LogP contribution in [0.3, 0.4) is 0 Å². The average Bonchev–Trinajstić information content (AvgIpc) is 2.79. The van der Waals surface area contributed by atoms with Gasteiger partial charge >= 0.3 is 5.97 Å². The number of amides is 1. The predicted octanol–water partition coefficient (Wildman–Crippen LogP) is 1.40. The van der Waals surface area contributed by atoms with Crippen LogP contribution in [-0.4, -0.2) is 22.5 Å². The Morgan fingerprint density at radius 3 is 2.40 bits per heavy atom. The van der Waals surface area contributed by atoms with Crippen LogP contribution in [0.25, 0.3) is 0 Å². The Hall–Kier alpha value is -1.06. The first-order chi connectivity index (χ1) is 6.82. The molecule has 4 heteroatoms. The molecule has 1 rings (SSSR count). The number of carbonyl (C=O) groups excluding carboxylic acids is 1. The van der Waals surface area contributed by atoms with Gasteiger partial charge in [0.1, 0.15) is 0 Å². The van der Waals surface area contributed by atoms with Crippen LogP contribution in [0.5, 0.6) is 0 Å². The van der Waals surface area contributed by atoms with Gasteiger partial charge in [-0.25, -0.2) is 0 Å². The van der Waals surface area contributed by atoms with Crippen LogP contribution in [0.2, 0.25) is 0 Å². The molecule has 0 aromatic carbocycles. The van der Waals surface area contributed by atoms with Gasteiger partial charge < -0.3 is 10.4 Å². The van der Waals surface area contributed by atoms with Crippen molar-refractivity contribution in [3.63, 3.8) is 0 Å². The molecule has 2 unspecified atom stereocenters. The lowest BCUT2D eigenvalue weighted by Gasteiger charge is -2.25. The van der Waals surface area contributed by atoms with Gasteiger partial charge in [0, 0.05) is 17.9 Å². The third kappa shape index (κ3) is 3.90. The molecule has 4 nitrogen and oxygen atoms in total. The smallest absolute Gasteiger partial charge is 0.303 e. The highest BCUT2D eigenvalue weighted by Crippen LogP contribution is 2.38. The number of rotatable bonds is 5. The first-order valence-corrected chi connectivity index (χ1v) is 5.35. The van der Waals surface area contributed by atoms with Crippen molar-refractivity contribution in [2.75, 3.05) is 0 Å². The van der Waals surface area contributed by atoms with E-state index in [0.717, 1.165) is 6.42 Å². The van der Waals surface area contributed by atoms with E-state index < -0.39 is 11.5 Å². The van der Waals surface area contributed by atoms with Crippen molar-refractivity contribution < 1.29 is 14.7 Å². The van der Waals surface area contributed by atoms with E-state index in [2.05, 4.69) is 12.2 Å². The normalized spacial score (nSPS) is 24.7. The van der Waals surface area contributed by atoms with Crippen molar-refractivity contribution in [3.8, 4) is 0 Å². The molecule has 0 heterocycles. The lowest BCUT2D eigenvalue weighted by Crippen LogP contribution is -2.44. The molecule has 0 saturated heterocycles. The van der Waals surface area contributed by atoms with Gasteiger partial charge in [0.2, 0.25) is 5.91 Å². The van der Waals surface area contributed by atoms with Gasteiger partial charge in [-0.1, -0.05) is 6.92 Å². The van der Waals surface area contributed by atoms with Crippen molar-refractivity contribution in [2.24, 2.45) is 11.8 Å². The van der Waals surface area contributed by atoms with Crippen molar-refractivity contribution in [1.29, 1.82) is 0 Å². The Labute approximate surface area is 90.0 Å². The van der Waals surface area contributed by atoms with Gasteiger partial charge in [-0.15, -0.1) is 0 Å². The molecule has 1 saturated carbocycles. The SMILES string of the molecule is CC1CC1C(=O)NC(C)(C)CCC(=O)O. The summed E-state index contributed by atoms with van der Waals surface area (Å²) < 4.78 is 0. The summed E-state index contributed by atoms with van der Waals surface area (Å²) in [5.74, 6) is -0.121. The van der Waals surface area contributed by atoms with E-state index in [9.17, 15) is 9.59 Å². The summed E-state index contributed by atoms with van der Waals surface area (Å²) in [4.78, 5) is 22.0. The number of carboxylic acids is 1. The maximum Gasteiger partial charge on any atom is 0.303 e. The third-order valence-electron chi connectivity index (χ3n) is 2.87. The summed E-state index contributed by atoms with van der Waals surface area (Å²) >= 11 is 0. The molecule has 0 aromatic heterocycles. The van der Waals surface area contributed by atoms with E-state index in [1.807, 2.05) is 13.8 Å². The zero-order valence-corrected chi connectivity index (χ0v) is 9.54. The minimum atomic E-state index is -0.822. The standard InChI is InChI=1S/C11H19NO3/c1-7-6-8(7)10(15)12-11(2,3)5-4-9(13)14/h7-8H,4-6H2,1-3H3,(H,12,15)(H,13,14). The van der Waals surface area contributed by atoms with Crippen LogP contribution in [0.4, 0.5) is 0 Å². The largest absolute Gasteiger partial charge is 0.481 e. The number of carbonyl (C=O) groups is 2. The lowest BCUT2D eigenvalue weighted by atomic mass is 9.98. The fourth-order valence-corrected chi connectivity index (χ4v) is 1.60. The highest BCUT2D eigenvalue weighted by molar-refractivity contribution is 5.82. The van der Waals surface area contributed by atoms with E-state index in [-0.39, 0.29) is 18.2 Å². The minimum Gasteiger partial charge on any atom is -0.481 e. The molecule has 0 aliphatic heterocycles. The Bertz CT molecular complexity index is 273. The molecule has 2 atom stereocenters. The number of nitrogens with one attached hydrogen (secondary N) is 1. The molecule has 2 N–H and O–H groups in total. The molecular formula is C11H19NO3. The van der Waals surface area contributed by atoms with E-state index in [1.54, 1.807) is 0 Å². The summed E-state index contributed by atoms with van der Waals surface area (Å²) in [6.07, 6.45) is 1.52. The van der Waals surface area contributed by atoms with Crippen molar-refractivity contribution in [1.82, 2.24) is 5.32 Å². The zero-order chi connectivity index (χ0) is 11.6. The van der Waals surface area contributed by atoms with Crippen LogP contribution in [0.15, 0.2) is 0 Å². The Morgan fingerprint density at radius 2 is 2.00 bits per heavy atom. The molecule has 1 aliphatic carbocycles. The fraction of sp³-hybridized carbons (Fsp3) is 0.818. The Morgan fingerprint density at radius 1 is 1.47 bits per heavy atom. The number of hydrogen-bond donors (Lipinski definition) is 2. The zero-order valence-electron chi connectivity index (χ0n) is 9.54. The minimum absolute atomic E-state index is 0.0675. The highest BCUT2D eigenvalue weighted by atomic mass is 16.4. The van der Waals surface area contributed by atoms with E-state index in [4.69, 9.17) is 5.11 Å². The first-order valence-electron chi connectivity index (χ1n) is 5.35. The molecule has 0 spiro atoms. The van der Waals surface area contributed by atoms with Crippen molar-refractivity contribution in [2.45, 2.75) is 45.6 Å². The number of aliphatic carboxylic acids is 1. The molecule has 1 amide bonds. The summed E-state index contributed by atoms with van der Waals surface area (Å²) in [5, 5.41) is 11.5. The Kier molecular flexibility index (Phi) is 3.37. The monoisotopic (exact) mass is 213 g/mol. The van der Waals surface area contributed by atoms with Crippen LogP contribution >= 0.6 is 0 Å². The van der Waals surface area contributed by atoms with Gasteiger partial charge in [0.05, 0.1) is 0 Å². The van der Waals surface area contributed by atoms with E-state index in [0.29, 0.717) is 12.3 Å². The number of hydrogen-bond acceptors (Lipinski definition) is 2. The van der Waals surface area contributed by atoms with Gasteiger partial charge in [-0.05, 0) is 32.6 Å². The van der Waals surface area contributed by atoms with E-state index in [1.165, 1.54) is 0 Å². The molecule has 0 aromatic rings. The molecule has 1 aliphatic rings. The highest BCUT2D eigenvalue weighted by Gasteiger charge is 2.40. The molecule has 0 radical (unpaired) electrons. The molecule has 15 heavy (non-hydrogen) atoms. The fourth-order valence-electron chi connectivity index (χ4n) is 1.60. The van der Waals surface area contributed by atoms with Crippen LogP contribution in [0, 0.1) is 11.8 Å². The van der Waals surface area contributed by atoms with Crippen molar-refractivity contribution >= 4 is 11.9 Å². The second kappa shape index (κ2) is 4.21. The first kappa shape index (κ1) is 12.0. The van der Waals surface area contributed by atoms with Gasteiger partial charge in [-0.2, -0.15) is 0 Å². The molecule has 0 bridgehead atoms. The second-order valence-electron chi connectivity index (χ2n) is 5.09. The van der Waals surface area contributed by atoms with E-state index >= 15 is 0 Å². The lowest BCUT2D eigenvalue weighted by molar-refractivity contribution is -0.138. The van der Waals surface area contributed by atoms with Crippen LogP contribution in [0.1, 0.15) is 40.0 Å². The van der Waals surface area contributed by atoms with Crippen LogP contribution < -0.4 is 5.32 Å². The third-order valence-corrected chi connectivity index (χ3v) is 2.87. The topological polar surface area (TPSA) is 66.4 Å². The van der Waals surface area contributed by atoms with Crippen LogP contribution in [-0.2, 0) is 9.59 Å². The quantitative estimate of drug-likeness (QED) is 0.725. The summed E-state index contributed by atoms with van der Waals surface area (Å²) in [6.45, 7) is 5.77. The summed E-state index contributed by atoms with van der Waals surface area (Å²) in [6, 6.07) is 0. The Balaban J connectivity index is 2.34.